The number of carbonyl (C=O) groups excluding carboxylic acids is 1. The number of nitrogens with one attached hydrogen (secondary N) is 2. The molecule has 0 spiro atoms. The Morgan fingerprint density at radius 1 is 1.21 bits per heavy atom. The average Bonchev–Trinajstić information content (AvgIpc) is 2.54. The fourth-order valence-electron chi connectivity index (χ4n) is 2.00. The van der Waals surface area contributed by atoms with Crippen molar-refractivity contribution in [3.8, 4) is 6.07 Å². The van der Waals surface area contributed by atoms with Gasteiger partial charge in [-0.1, -0.05) is 6.07 Å². The van der Waals surface area contributed by atoms with Crippen LogP contribution in [0.25, 0.3) is 0 Å². The first kappa shape index (κ1) is 17.3. The molecule has 1 atom stereocenters. The molecule has 124 valence electrons. The quantitative estimate of drug-likeness (QED) is 0.803. The van der Waals surface area contributed by atoms with Gasteiger partial charge in [0.05, 0.1) is 16.8 Å². The highest BCUT2D eigenvalue weighted by Crippen LogP contribution is 2.20. The molecule has 24 heavy (non-hydrogen) atoms. The summed E-state index contributed by atoms with van der Waals surface area (Å²) in [6.07, 6.45) is -1.60. The van der Waals surface area contributed by atoms with E-state index >= 15 is 0 Å². The SMILES string of the molecule is N#Cc1cc(F)ccc1NC(=O)NCC(O)c1c(F)cccc1F. The molecular weight excluding hydrogens is 323 g/mol. The third-order valence-corrected chi connectivity index (χ3v) is 3.14. The van der Waals surface area contributed by atoms with E-state index in [2.05, 4.69) is 10.6 Å². The summed E-state index contributed by atoms with van der Waals surface area (Å²) in [5.41, 5.74) is -0.592. The lowest BCUT2D eigenvalue weighted by atomic mass is 10.1. The molecule has 5 nitrogen and oxygen atoms in total. The van der Waals surface area contributed by atoms with Crippen LogP contribution >= 0.6 is 0 Å². The van der Waals surface area contributed by atoms with Crippen LogP contribution in [-0.4, -0.2) is 17.7 Å². The lowest BCUT2D eigenvalue weighted by molar-refractivity contribution is 0.166. The predicted molar refractivity (Wildman–Crippen MR) is 79.5 cm³/mol. The van der Waals surface area contributed by atoms with Crippen molar-refractivity contribution in [3.05, 3.63) is 65.0 Å². The van der Waals surface area contributed by atoms with Gasteiger partial charge in [0.15, 0.2) is 0 Å². The summed E-state index contributed by atoms with van der Waals surface area (Å²) >= 11 is 0. The largest absolute Gasteiger partial charge is 0.386 e. The van der Waals surface area contributed by atoms with Crippen LogP contribution in [-0.2, 0) is 0 Å². The third-order valence-electron chi connectivity index (χ3n) is 3.14. The van der Waals surface area contributed by atoms with E-state index in [-0.39, 0.29) is 11.3 Å². The number of aliphatic hydroxyl groups excluding tert-OH is 1. The summed E-state index contributed by atoms with van der Waals surface area (Å²) in [4.78, 5) is 11.7. The lowest BCUT2D eigenvalue weighted by Crippen LogP contribution is -2.33. The molecule has 2 aromatic rings. The molecule has 0 aromatic heterocycles. The summed E-state index contributed by atoms with van der Waals surface area (Å²) in [5.74, 6) is -2.51. The maximum atomic E-state index is 13.5. The number of halogens is 3. The van der Waals surface area contributed by atoms with Gasteiger partial charge >= 0.3 is 6.03 Å². The zero-order valence-corrected chi connectivity index (χ0v) is 12.2. The van der Waals surface area contributed by atoms with Crippen molar-refractivity contribution in [3.63, 3.8) is 0 Å². The van der Waals surface area contributed by atoms with Crippen LogP contribution in [0.2, 0.25) is 0 Å². The number of nitrogens with zero attached hydrogens (tertiary/aromatic N) is 1. The maximum absolute atomic E-state index is 13.5. The molecule has 0 aliphatic rings. The maximum Gasteiger partial charge on any atom is 0.319 e. The molecule has 3 N–H and O–H groups in total. The van der Waals surface area contributed by atoms with Gasteiger partial charge in [0, 0.05) is 6.54 Å². The molecule has 0 aliphatic heterocycles. The second kappa shape index (κ2) is 7.48. The molecule has 0 fully saturated rings. The van der Waals surface area contributed by atoms with E-state index in [9.17, 15) is 23.1 Å². The zero-order chi connectivity index (χ0) is 17.7. The van der Waals surface area contributed by atoms with Crippen molar-refractivity contribution in [1.82, 2.24) is 5.32 Å². The van der Waals surface area contributed by atoms with Gasteiger partial charge in [0.2, 0.25) is 0 Å². The number of rotatable bonds is 4. The third kappa shape index (κ3) is 4.02. The zero-order valence-electron chi connectivity index (χ0n) is 12.2. The first-order chi connectivity index (χ1) is 11.4. The van der Waals surface area contributed by atoms with E-state index < -0.39 is 41.7 Å². The molecule has 0 saturated carbocycles. The van der Waals surface area contributed by atoms with Crippen LogP contribution in [0, 0.1) is 28.8 Å². The van der Waals surface area contributed by atoms with Crippen molar-refractivity contribution >= 4 is 11.7 Å². The Morgan fingerprint density at radius 3 is 2.50 bits per heavy atom. The number of carbonyl (C=O) groups is 1. The van der Waals surface area contributed by atoms with Crippen molar-refractivity contribution in [2.75, 3.05) is 11.9 Å². The fraction of sp³-hybridized carbons (Fsp3) is 0.125. The minimum absolute atomic E-state index is 0.0583. The van der Waals surface area contributed by atoms with Crippen molar-refractivity contribution < 1.29 is 23.1 Å². The van der Waals surface area contributed by atoms with E-state index in [4.69, 9.17) is 5.26 Å². The van der Waals surface area contributed by atoms with Gasteiger partial charge in [-0.25, -0.2) is 18.0 Å². The standard InChI is InChI=1S/C16H12F3N3O2/c17-10-4-5-13(9(6-10)7-20)22-16(24)21-8-14(23)15-11(18)2-1-3-12(15)19/h1-6,14,23H,8H2,(H2,21,22,24). The number of urea groups is 1. The van der Waals surface area contributed by atoms with Gasteiger partial charge in [-0.15, -0.1) is 0 Å². The molecule has 2 amide bonds. The van der Waals surface area contributed by atoms with E-state index in [1.54, 1.807) is 6.07 Å². The van der Waals surface area contributed by atoms with E-state index in [0.29, 0.717) is 0 Å². The lowest BCUT2D eigenvalue weighted by Gasteiger charge is -2.14. The topological polar surface area (TPSA) is 85.2 Å². The molecule has 0 saturated heterocycles. The first-order valence-corrected chi connectivity index (χ1v) is 6.79. The summed E-state index contributed by atoms with van der Waals surface area (Å²) in [7, 11) is 0. The van der Waals surface area contributed by atoms with Crippen molar-refractivity contribution in [2.24, 2.45) is 0 Å². The number of anilines is 1. The molecule has 0 bridgehead atoms. The van der Waals surface area contributed by atoms with Gasteiger partial charge in [-0.05, 0) is 30.3 Å². The van der Waals surface area contributed by atoms with Gasteiger partial charge in [0.1, 0.15) is 29.6 Å². The highest BCUT2D eigenvalue weighted by molar-refractivity contribution is 5.90. The normalized spacial score (nSPS) is 11.5. The van der Waals surface area contributed by atoms with Crippen LogP contribution in [0.4, 0.5) is 23.7 Å². The molecule has 2 rings (SSSR count). The molecule has 0 radical (unpaired) electrons. The number of hydrogen-bond donors (Lipinski definition) is 3. The second-order valence-corrected chi connectivity index (χ2v) is 4.79. The van der Waals surface area contributed by atoms with Gasteiger partial charge < -0.3 is 15.7 Å². The predicted octanol–water partition coefficient (Wildman–Crippen LogP) is 2.83. The molecule has 8 heteroatoms. The number of benzene rings is 2. The Bertz CT molecular complexity index is 785. The van der Waals surface area contributed by atoms with Crippen LogP contribution in [0.5, 0.6) is 0 Å². The Labute approximate surface area is 135 Å². The monoisotopic (exact) mass is 335 g/mol. The number of hydrogen-bond acceptors (Lipinski definition) is 3. The Hall–Kier alpha value is -3.05. The average molecular weight is 335 g/mol. The van der Waals surface area contributed by atoms with Crippen LogP contribution in [0.1, 0.15) is 17.2 Å². The smallest absolute Gasteiger partial charge is 0.319 e. The van der Waals surface area contributed by atoms with E-state index in [0.717, 1.165) is 30.3 Å². The second-order valence-electron chi connectivity index (χ2n) is 4.79. The minimum atomic E-state index is -1.60. The first-order valence-electron chi connectivity index (χ1n) is 6.79. The van der Waals surface area contributed by atoms with Crippen molar-refractivity contribution in [1.29, 1.82) is 5.26 Å². The fourth-order valence-corrected chi connectivity index (χ4v) is 2.00. The molecule has 0 heterocycles. The van der Waals surface area contributed by atoms with Crippen molar-refractivity contribution in [2.45, 2.75) is 6.10 Å². The van der Waals surface area contributed by atoms with Gasteiger partial charge in [0.25, 0.3) is 0 Å². The molecule has 2 aromatic carbocycles. The Morgan fingerprint density at radius 2 is 1.88 bits per heavy atom. The minimum Gasteiger partial charge on any atom is -0.386 e. The summed E-state index contributed by atoms with van der Waals surface area (Å²) in [6.45, 7) is -0.466. The molecule has 1 unspecified atom stereocenters. The summed E-state index contributed by atoms with van der Waals surface area (Å²) in [6, 6.07) is 7.21. The van der Waals surface area contributed by atoms with Crippen LogP contribution in [0.15, 0.2) is 36.4 Å². The Kier molecular flexibility index (Phi) is 5.39. The molecule has 0 aliphatic carbocycles. The Balaban J connectivity index is 2.00. The van der Waals surface area contributed by atoms with Gasteiger partial charge in [-0.3, -0.25) is 0 Å². The number of nitriles is 1. The summed E-state index contributed by atoms with van der Waals surface area (Å²) < 4.78 is 40.0. The van der Waals surface area contributed by atoms with E-state index in [1.807, 2.05) is 0 Å². The highest BCUT2D eigenvalue weighted by atomic mass is 19.1. The van der Waals surface area contributed by atoms with Crippen LogP contribution in [0.3, 0.4) is 0 Å². The summed E-state index contributed by atoms with van der Waals surface area (Å²) in [5, 5.41) is 23.2. The highest BCUT2D eigenvalue weighted by Gasteiger charge is 2.18. The molecular formula is C16H12F3N3O2. The van der Waals surface area contributed by atoms with Gasteiger partial charge in [-0.2, -0.15) is 5.26 Å². The van der Waals surface area contributed by atoms with Crippen LogP contribution < -0.4 is 10.6 Å². The number of aliphatic hydroxyl groups is 1. The number of amides is 2. The van der Waals surface area contributed by atoms with E-state index in [1.165, 1.54) is 6.07 Å².